The van der Waals surface area contributed by atoms with Crippen molar-refractivity contribution in [3.05, 3.63) is 89.0 Å². The largest absolute Gasteiger partial charge is 0.504 e. The Morgan fingerprint density at radius 1 is 0.765 bits per heavy atom. The normalized spacial score (nSPS) is 11.1. The van der Waals surface area contributed by atoms with Crippen molar-refractivity contribution in [3.8, 4) is 28.7 Å². The summed E-state index contributed by atoms with van der Waals surface area (Å²) in [5.41, 5.74) is 3.43. The summed E-state index contributed by atoms with van der Waals surface area (Å²) in [5.74, 6) is 1.85. The predicted octanol–water partition coefficient (Wildman–Crippen LogP) is 5.58. The first-order valence-electron chi connectivity index (χ1n) is 10.6. The average molecular weight is 461 g/mol. The van der Waals surface area contributed by atoms with E-state index in [4.69, 9.17) is 18.9 Å². The van der Waals surface area contributed by atoms with Gasteiger partial charge >= 0.3 is 0 Å². The van der Waals surface area contributed by atoms with Crippen LogP contribution in [0.3, 0.4) is 0 Å². The molecule has 0 spiro atoms. The van der Waals surface area contributed by atoms with E-state index in [1.54, 1.807) is 33.5 Å². The standard InChI is InChI=1S/C28H28O6/c1-31-25-15-14-22(18-24(25)30)23(29)7-5-6-19-8-10-20(11-9-19)12-13-21-16-26(32-2)28(34-4)27(17-21)33-3/h5,7-18,30H,6H2,1-4H3/b7-5-,13-12-. The zero-order valence-corrected chi connectivity index (χ0v) is 19.7. The van der Waals surface area contributed by atoms with Crippen molar-refractivity contribution in [3.63, 3.8) is 0 Å². The van der Waals surface area contributed by atoms with Crippen molar-refractivity contribution in [2.45, 2.75) is 6.42 Å². The number of methoxy groups -OCH3 is 4. The van der Waals surface area contributed by atoms with Crippen molar-refractivity contribution in [2.24, 2.45) is 0 Å². The monoisotopic (exact) mass is 460 g/mol. The molecule has 1 N–H and O–H groups in total. The van der Waals surface area contributed by atoms with Gasteiger partial charge in [-0.3, -0.25) is 4.79 Å². The fourth-order valence-corrected chi connectivity index (χ4v) is 3.40. The van der Waals surface area contributed by atoms with E-state index >= 15 is 0 Å². The Morgan fingerprint density at radius 3 is 1.94 bits per heavy atom. The van der Waals surface area contributed by atoms with Gasteiger partial charge in [-0.25, -0.2) is 0 Å². The molecule has 6 heteroatoms. The highest BCUT2D eigenvalue weighted by molar-refractivity contribution is 6.04. The molecule has 3 aromatic carbocycles. The number of phenolic OH excluding ortho intramolecular Hbond substituents is 1. The van der Waals surface area contributed by atoms with Gasteiger partial charge in [0, 0.05) is 5.56 Å². The molecule has 0 aliphatic heterocycles. The molecule has 176 valence electrons. The van der Waals surface area contributed by atoms with E-state index in [1.807, 2.05) is 54.6 Å². The second-order valence-corrected chi connectivity index (χ2v) is 7.39. The molecule has 0 aliphatic rings. The molecule has 0 atom stereocenters. The molecule has 0 saturated heterocycles. The minimum atomic E-state index is -0.178. The minimum Gasteiger partial charge on any atom is -0.504 e. The van der Waals surface area contributed by atoms with E-state index in [2.05, 4.69) is 0 Å². The minimum absolute atomic E-state index is 0.0584. The lowest BCUT2D eigenvalue weighted by atomic mass is 10.1. The van der Waals surface area contributed by atoms with Crippen molar-refractivity contribution >= 4 is 17.9 Å². The van der Waals surface area contributed by atoms with Crippen molar-refractivity contribution in [2.75, 3.05) is 28.4 Å². The number of hydrogen-bond donors (Lipinski definition) is 1. The van der Waals surface area contributed by atoms with Crippen molar-refractivity contribution in [1.29, 1.82) is 0 Å². The van der Waals surface area contributed by atoms with Gasteiger partial charge in [-0.1, -0.05) is 42.5 Å². The summed E-state index contributed by atoms with van der Waals surface area (Å²) in [6.07, 6.45) is 7.91. The van der Waals surface area contributed by atoms with E-state index in [9.17, 15) is 9.90 Å². The van der Waals surface area contributed by atoms with E-state index in [-0.39, 0.29) is 11.5 Å². The van der Waals surface area contributed by atoms with Crippen LogP contribution in [0.25, 0.3) is 12.2 Å². The molecule has 0 heterocycles. The second-order valence-electron chi connectivity index (χ2n) is 7.39. The van der Waals surface area contributed by atoms with Gasteiger partial charge < -0.3 is 24.1 Å². The average Bonchev–Trinajstić information content (AvgIpc) is 2.87. The van der Waals surface area contributed by atoms with Gasteiger partial charge in [0.15, 0.2) is 28.8 Å². The fraction of sp³-hybridized carbons (Fsp3) is 0.179. The van der Waals surface area contributed by atoms with E-state index in [1.165, 1.54) is 19.3 Å². The van der Waals surface area contributed by atoms with Crippen LogP contribution >= 0.6 is 0 Å². The Bertz CT molecular complexity index is 1170. The van der Waals surface area contributed by atoms with E-state index in [0.717, 1.165) is 16.7 Å². The van der Waals surface area contributed by atoms with Gasteiger partial charge in [-0.05, 0) is 59.5 Å². The van der Waals surface area contributed by atoms with Gasteiger partial charge in [-0.2, -0.15) is 0 Å². The number of ether oxygens (including phenoxy) is 4. The Labute approximate surface area is 199 Å². The first-order valence-corrected chi connectivity index (χ1v) is 10.6. The number of ketones is 1. The number of carbonyl (C=O) groups excluding carboxylic acids is 1. The topological polar surface area (TPSA) is 74.2 Å². The molecule has 34 heavy (non-hydrogen) atoms. The number of benzene rings is 3. The number of aromatic hydroxyl groups is 1. The molecular weight excluding hydrogens is 432 g/mol. The highest BCUT2D eigenvalue weighted by Crippen LogP contribution is 2.38. The Hall–Kier alpha value is -4.19. The molecule has 0 aliphatic carbocycles. The third kappa shape index (κ3) is 5.98. The molecular formula is C28H28O6. The van der Waals surface area contributed by atoms with Gasteiger partial charge in [0.2, 0.25) is 5.75 Å². The molecule has 3 aromatic rings. The SMILES string of the molecule is COc1ccc(C(=O)/C=C\Cc2ccc(/C=C\c3cc(OC)c(OC)c(OC)c3)cc2)cc1O. The molecule has 6 nitrogen and oxygen atoms in total. The molecule has 0 unspecified atom stereocenters. The van der Waals surface area contributed by atoms with Crippen LogP contribution < -0.4 is 18.9 Å². The molecule has 0 radical (unpaired) electrons. The highest BCUT2D eigenvalue weighted by Gasteiger charge is 2.12. The number of hydrogen-bond acceptors (Lipinski definition) is 6. The smallest absolute Gasteiger partial charge is 0.203 e. The number of rotatable bonds is 10. The van der Waals surface area contributed by atoms with Gasteiger partial charge in [-0.15, -0.1) is 0 Å². The summed E-state index contributed by atoms with van der Waals surface area (Å²) in [5, 5.41) is 9.84. The summed E-state index contributed by atoms with van der Waals surface area (Å²) in [7, 11) is 6.22. The summed E-state index contributed by atoms with van der Waals surface area (Å²) in [6, 6.07) is 16.4. The Balaban J connectivity index is 1.63. The maximum Gasteiger partial charge on any atom is 0.203 e. The quantitative estimate of drug-likeness (QED) is 0.242. The summed E-state index contributed by atoms with van der Waals surface area (Å²) >= 11 is 0. The summed E-state index contributed by atoms with van der Waals surface area (Å²) in [4.78, 5) is 12.3. The van der Waals surface area contributed by atoms with Crippen molar-refractivity contribution in [1.82, 2.24) is 0 Å². The Morgan fingerprint density at radius 2 is 1.38 bits per heavy atom. The van der Waals surface area contributed by atoms with Gasteiger partial charge in [0.1, 0.15) is 0 Å². The van der Waals surface area contributed by atoms with Gasteiger partial charge in [0.05, 0.1) is 28.4 Å². The Kier molecular flexibility index (Phi) is 8.35. The zero-order chi connectivity index (χ0) is 24.5. The fourth-order valence-electron chi connectivity index (χ4n) is 3.40. The van der Waals surface area contributed by atoms with Crippen LogP contribution in [0.2, 0.25) is 0 Å². The van der Waals surface area contributed by atoms with Crippen LogP contribution in [0.5, 0.6) is 28.7 Å². The predicted molar refractivity (Wildman–Crippen MR) is 133 cm³/mol. The molecule has 0 bridgehead atoms. The number of carbonyl (C=O) groups is 1. The molecule has 0 fully saturated rings. The van der Waals surface area contributed by atoms with Gasteiger partial charge in [0.25, 0.3) is 0 Å². The lowest BCUT2D eigenvalue weighted by Gasteiger charge is -2.12. The molecule has 0 saturated carbocycles. The lowest BCUT2D eigenvalue weighted by molar-refractivity contribution is 0.104. The third-order valence-electron chi connectivity index (χ3n) is 5.22. The van der Waals surface area contributed by atoms with Crippen LogP contribution in [0, 0.1) is 0 Å². The van der Waals surface area contributed by atoms with Crippen LogP contribution in [-0.4, -0.2) is 39.3 Å². The first kappa shape index (κ1) is 24.5. The van der Waals surface area contributed by atoms with Crippen LogP contribution in [0.4, 0.5) is 0 Å². The lowest BCUT2D eigenvalue weighted by Crippen LogP contribution is -1.95. The van der Waals surface area contributed by atoms with Crippen LogP contribution in [0.15, 0.2) is 66.7 Å². The molecule has 3 rings (SSSR count). The molecule has 0 aromatic heterocycles. The van der Waals surface area contributed by atoms with E-state index < -0.39 is 0 Å². The summed E-state index contributed by atoms with van der Waals surface area (Å²) in [6.45, 7) is 0. The van der Waals surface area contributed by atoms with Crippen LogP contribution in [-0.2, 0) is 6.42 Å². The number of phenols is 1. The number of allylic oxidation sites excluding steroid dienone is 2. The maximum absolute atomic E-state index is 12.3. The van der Waals surface area contributed by atoms with Crippen molar-refractivity contribution < 1.29 is 28.8 Å². The van der Waals surface area contributed by atoms with Crippen LogP contribution in [0.1, 0.15) is 27.0 Å². The third-order valence-corrected chi connectivity index (χ3v) is 5.22. The molecule has 0 amide bonds. The second kappa shape index (κ2) is 11.6. The maximum atomic E-state index is 12.3. The first-order chi connectivity index (χ1) is 16.5. The van der Waals surface area contributed by atoms with E-state index in [0.29, 0.717) is 35.0 Å². The zero-order valence-electron chi connectivity index (χ0n) is 19.7. The highest BCUT2D eigenvalue weighted by atomic mass is 16.5. The summed E-state index contributed by atoms with van der Waals surface area (Å²) < 4.78 is 21.2.